The molecule has 3 fully saturated rings. The third-order valence-electron chi connectivity index (χ3n) is 9.15. The quantitative estimate of drug-likeness (QED) is 0.0585. The van der Waals surface area contributed by atoms with E-state index in [1.165, 1.54) is 24.3 Å². The van der Waals surface area contributed by atoms with Gasteiger partial charge < -0.3 is 90.5 Å². The van der Waals surface area contributed by atoms with Gasteiger partial charge in [0.1, 0.15) is 67.1 Å². The number of carbonyl (C=O) groups is 3. The molecule has 21 nitrogen and oxygen atoms in total. The zero-order valence-corrected chi connectivity index (χ0v) is 28.3. The molecular formula is C32H46N2O19. The summed E-state index contributed by atoms with van der Waals surface area (Å²) in [5, 5.41) is 121. The van der Waals surface area contributed by atoms with Gasteiger partial charge in [-0.1, -0.05) is 6.58 Å². The van der Waals surface area contributed by atoms with Crippen molar-refractivity contribution in [3.05, 3.63) is 42.5 Å². The van der Waals surface area contributed by atoms with Crippen molar-refractivity contribution in [3.63, 3.8) is 0 Å². The summed E-state index contributed by atoms with van der Waals surface area (Å²) in [7, 11) is 0. The summed E-state index contributed by atoms with van der Waals surface area (Å²) in [6.07, 6.45) is -25.6. The lowest BCUT2D eigenvalue weighted by atomic mass is 9.88. The van der Waals surface area contributed by atoms with Gasteiger partial charge in [0.25, 0.3) is 5.79 Å². The molecule has 21 heteroatoms. The smallest absolute Gasteiger partial charge is 0.364 e. The Morgan fingerprint density at radius 2 is 1.55 bits per heavy atom. The molecule has 0 saturated carbocycles. The van der Waals surface area contributed by atoms with Crippen molar-refractivity contribution in [2.75, 3.05) is 25.1 Å². The fraction of sp³-hybridized carbons (Fsp3) is 0.656. The van der Waals surface area contributed by atoms with Gasteiger partial charge in [-0.3, -0.25) is 9.59 Å². The van der Waals surface area contributed by atoms with Crippen LogP contribution in [0.3, 0.4) is 0 Å². The second kappa shape index (κ2) is 17.9. The Labute approximate surface area is 301 Å². The average Bonchev–Trinajstić information content (AvgIpc) is 3.14. The van der Waals surface area contributed by atoms with E-state index in [4.69, 9.17) is 23.7 Å². The fourth-order valence-electron chi connectivity index (χ4n) is 6.32. The lowest BCUT2D eigenvalue weighted by Crippen LogP contribution is -2.70. The number of allylic oxidation sites excluding steroid dienone is 1. The largest absolute Gasteiger partial charge is 0.477 e. The molecule has 13 N–H and O–H groups in total. The van der Waals surface area contributed by atoms with E-state index >= 15 is 0 Å². The molecule has 3 aliphatic heterocycles. The van der Waals surface area contributed by atoms with E-state index in [0.29, 0.717) is 11.3 Å². The van der Waals surface area contributed by atoms with Crippen LogP contribution in [0.5, 0.6) is 0 Å². The standard InChI is InChI=1S/C32H46N2O19/c1-3-15(39)13-4-6-14(7-5-13)34-29-24(45)22(43)26(18(10-36)49-29)51-30-25(46)23(44)27(19(11-37)50-30)52-32(31(47)48)8-16(40)20(33-12(2)38)28(53-32)21(42)17(41)9-35/h3-7,16-30,34-37,40-46H,1,8-11H2,2H3,(H,33,38)(H,47,48)/t16-,17+,18+,19+,20+,21+,22+,23-,24+,25+,26+,27-,28+,29+,30-,32+/m0/s1. The first-order chi connectivity index (χ1) is 25.0. The van der Waals surface area contributed by atoms with E-state index < -0.39 is 136 Å². The molecule has 3 aliphatic rings. The average molecular weight is 763 g/mol. The summed E-state index contributed by atoms with van der Waals surface area (Å²) in [6, 6.07) is 4.40. The van der Waals surface area contributed by atoms with Crippen LogP contribution in [0.2, 0.25) is 0 Å². The number of hydrogen-bond acceptors (Lipinski definition) is 19. The molecule has 3 heterocycles. The first-order valence-corrected chi connectivity index (χ1v) is 16.5. The SMILES string of the molecule is C=CC(=O)c1ccc(N[C@@H]2O[C@H](CO)[C@@H](O[C@@H]3O[C@H](CO)[C@H](O[C@]4(C(=O)O)C[C@H](O)[C@@H](NC(C)=O)[C@H]([C@H](O)[C@H](O)CO)O4)[C@@H](O)[C@H]3O)[C@H](O)[C@H]2O)cc1. The van der Waals surface area contributed by atoms with Crippen LogP contribution >= 0.6 is 0 Å². The maximum Gasteiger partial charge on any atom is 0.364 e. The van der Waals surface area contributed by atoms with Crippen LogP contribution in [0.25, 0.3) is 0 Å². The number of ketones is 1. The van der Waals surface area contributed by atoms with Gasteiger partial charge in [-0.2, -0.15) is 0 Å². The summed E-state index contributed by atoms with van der Waals surface area (Å²) in [5.41, 5.74) is 0.687. The highest BCUT2D eigenvalue weighted by molar-refractivity contribution is 6.04. The Morgan fingerprint density at radius 3 is 2.09 bits per heavy atom. The summed E-state index contributed by atoms with van der Waals surface area (Å²) in [4.78, 5) is 36.3. The van der Waals surface area contributed by atoms with Crippen molar-refractivity contribution in [2.45, 2.75) is 111 Å². The summed E-state index contributed by atoms with van der Waals surface area (Å²) in [5.74, 6) is -6.01. The van der Waals surface area contributed by atoms with Gasteiger partial charge in [0.15, 0.2) is 18.3 Å². The molecule has 3 saturated heterocycles. The number of aliphatic carboxylic acids is 1. The highest BCUT2D eigenvalue weighted by atomic mass is 16.8. The molecule has 1 aromatic carbocycles. The Bertz CT molecular complexity index is 1420. The number of aliphatic hydroxyl groups is 10. The number of carbonyl (C=O) groups excluding carboxylic acids is 2. The molecule has 1 amide bonds. The van der Waals surface area contributed by atoms with Crippen molar-refractivity contribution in [1.82, 2.24) is 5.32 Å². The summed E-state index contributed by atoms with van der Waals surface area (Å²) in [6.45, 7) is 1.58. The molecule has 0 spiro atoms. The van der Waals surface area contributed by atoms with Gasteiger partial charge in [0.05, 0.1) is 32.0 Å². The van der Waals surface area contributed by atoms with Gasteiger partial charge in [-0.25, -0.2) is 4.79 Å². The minimum absolute atomic E-state index is 0.331. The maximum atomic E-state index is 12.6. The van der Waals surface area contributed by atoms with Crippen molar-refractivity contribution >= 4 is 23.3 Å². The molecule has 0 radical (unpaired) electrons. The first kappa shape index (κ1) is 42.5. The highest BCUT2D eigenvalue weighted by Gasteiger charge is 2.60. The predicted octanol–water partition coefficient (Wildman–Crippen LogP) is -5.73. The van der Waals surface area contributed by atoms with E-state index in [0.717, 1.165) is 13.0 Å². The molecule has 298 valence electrons. The number of anilines is 1. The highest BCUT2D eigenvalue weighted by Crippen LogP contribution is 2.38. The second-order valence-corrected chi connectivity index (χ2v) is 12.8. The Kier molecular flexibility index (Phi) is 14.4. The van der Waals surface area contributed by atoms with Crippen LogP contribution in [0, 0.1) is 0 Å². The number of benzene rings is 1. The summed E-state index contributed by atoms with van der Waals surface area (Å²) < 4.78 is 28.1. The molecule has 0 bridgehead atoms. The van der Waals surface area contributed by atoms with Gasteiger partial charge in [0, 0.05) is 24.6 Å². The summed E-state index contributed by atoms with van der Waals surface area (Å²) >= 11 is 0. The maximum absolute atomic E-state index is 12.6. The second-order valence-electron chi connectivity index (χ2n) is 12.8. The molecule has 4 rings (SSSR count). The van der Waals surface area contributed by atoms with Crippen molar-refractivity contribution in [1.29, 1.82) is 0 Å². The third-order valence-corrected chi connectivity index (χ3v) is 9.15. The lowest BCUT2D eigenvalue weighted by molar-refractivity contribution is -0.379. The Hall–Kier alpha value is -3.23. The van der Waals surface area contributed by atoms with E-state index in [2.05, 4.69) is 17.2 Å². The Balaban J connectivity index is 1.51. The first-order valence-electron chi connectivity index (χ1n) is 16.5. The number of nitrogens with one attached hydrogen (secondary N) is 2. The number of ether oxygens (including phenoxy) is 5. The number of carboxylic acid groups (broad SMARTS) is 1. The van der Waals surface area contributed by atoms with E-state index in [-0.39, 0.29) is 5.78 Å². The van der Waals surface area contributed by atoms with Crippen LogP contribution < -0.4 is 10.6 Å². The van der Waals surface area contributed by atoms with Crippen LogP contribution in [-0.4, -0.2) is 191 Å². The van der Waals surface area contributed by atoms with Crippen LogP contribution in [0.1, 0.15) is 23.7 Å². The molecule has 16 atom stereocenters. The molecule has 1 aromatic rings. The van der Waals surface area contributed by atoms with Gasteiger partial charge in [0.2, 0.25) is 5.91 Å². The van der Waals surface area contributed by atoms with E-state index in [9.17, 15) is 70.6 Å². The third kappa shape index (κ3) is 9.19. The van der Waals surface area contributed by atoms with Crippen molar-refractivity contribution < 1.29 is 94.2 Å². The number of carboxylic acids is 1. The van der Waals surface area contributed by atoms with Gasteiger partial charge >= 0.3 is 5.97 Å². The van der Waals surface area contributed by atoms with Crippen LogP contribution in [0.15, 0.2) is 36.9 Å². The zero-order chi connectivity index (χ0) is 39.4. The number of amides is 1. The number of hydrogen-bond donors (Lipinski definition) is 13. The van der Waals surface area contributed by atoms with E-state index in [1.807, 2.05) is 0 Å². The lowest BCUT2D eigenvalue weighted by Gasteiger charge is -2.50. The minimum Gasteiger partial charge on any atom is -0.477 e. The minimum atomic E-state index is -2.99. The van der Waals surface area contributed by atoms with E-state index in [1.54, 1.807) is 0 Å². The molecule has 0 unspecified atom stereocenters. The molecule has 0 aromatic heterocycles. The normalized spacial score (nSPS) is 38.7. The van der Waals surface area contributed by atoms with Gasteiger partial charge in [-0.15, -0.1) is 0 Å². The number of rotatable bonds is 15. The van der Waals surface area contributed by atoms with Gasteiger partial charge in [-0.05, 0) is 30.3 Å². The monoisotopic (exact) mass is 762 g/mol. The number of aliphatic hydroxyl groups excluding tert-OH is 10. The molecule has 53 heavy (non-hydrogen) atoms. The molecular weight excluding hydrogens is 716 g/mol. The predicted molar refractivity (Wildman–Crippen MR) is 172 cm³/mol. The van der Waals surface area contributed by atoms with Crippen molar-refractivity contribution in [3.8, 4) is 0 Å². The van der Waals surface area contributed by atoms with Crippen molar-refractivity contribution in [2.24, 2.45) is 0 Å². The topological polar surface area (TPSA) is 344 Å². The fourth-order valence-corrected chi connectivity index (χ4v) is 6.32. The van der Waals surface area contributed by atoms with Crippen LogP contribution in [-0.2, 0) is 33.3 Å². The Morgan fingerprint density at radius 1 is 0.943 bits per heavy atom. The zero-order valence-electron chi connectivity index (χ0n) is 28.3. The van der Waals surface area contributed by atoms with Crippen LogP contribution in [0.4, 0.5) is 5.69 Å². The molecule has 0 aliphatic carbocycles.